The van der Waals surface area contributed by atoms with Crippen LogP contribution in [0.2, 0.25) is 0 Å². The summed E-state index contributed by atoms with van der Waals surface area (Å²) in [4.78, 5) is 0. The molecule has 1 aliphatic carbocycles. The number of hydrogen-bond acceptors (Lipinski definition) is 1. The van der Waals surface area contributed by atoms with Gasteiger partial charge < -0.3 is 5.73 Å². The minimum absolute atomic E-state index is 0. The summed E-state index contributed by atoms with van der Waals surface area (Å²) in [7, 11) is 0. The molecular weight excluding hydrogens is 158 g/mol. The molecule has 0 aromatic carbocycles. The summed E-state index contributed by atoms with van der Waals surface area (Å²) in [5.74, 6) is 0.906. The van der Waals surface area contributed by atoms with Crippen LogP contribution in [0.3, 0.4) is 0 Å². The van der Waals surface area contributed by atoms with Gasteiger partial charge in [0.25, 0.3) is 0 Å². The summed E-state index contributed by atoms with van der Waals surface area (Å²) in [6, 6.07) is 0. The molecule has 2 unspecified atom stereocenters. The molecule has 1 fully saturated rings. The molecular formula is C9H20ClN. The molecule has 1 aliphatic rings. The Hall–Kier alpha value is 0.250. The van der Waals surface area contributed by atoms with E-state index in [4.69, 9.17) is 5.73 Å². The zero-order valence-corrected chi connectivity index (χ0v) is 8.41. The van der Waals surface area contributed by atoms with Crippen molar-refractivity contribution < 1.29 is 0 Å². The average Bonchev–Trinajstić information content (AvgIpc) is 1.86. The van der Waals surface area contributed by atoms with Gasteiger partial charge in [-0.15, -0.1) is 12.4 Å². The van der Waals surface area contributed by atoms with Gasteiger partial charge in [-0.3, -0.25) is 0 Å². The van der Waals surface area contributed by atoms with Crippen molar-refractivity contribution in [2.75, 3.05) is 0 Å². The second-order valence-corrected chi connectivity index (χ2v) is 4.02. The molecule has 1 nitrogen and oxygen atoms in total. The molecule has 0 heterocycles. The molecule has 0 aromatic rings. The van der Waals surface area contributed by atoms with Crippen molar-refractivity contribution in [2.24, 2.45) is 11.7 Å². The van der Waals surface area contributed by atoms with Gasteiger partial charge in [-0.25, -0.2) is 0 Å². The van der Waals surface area contributed by atoms with Crippen LogP contribution < -0.4 is 5.73 Å². The van der Waals surface area contributed by atoms with Crippen LogP contribution in [0.4, 0.5) is 0 Å². The number of nitrogens with two attached hydrogens (primary N) is 1. The fourth-order valence-corrected chi connectivity index (χ4v) is 2.01. The smallest absolute Gasteiger partial charge is 0.0128 e. The third kappa shape index (κ3) is 3.44. The minimum atomic E-state index is 0. The van der Waals surface area contributed by atoms with E-state index in [9.17, 15) is 0 Å². The lowest BCUT2D eigenvalue weighted by atomic mass is 9.76. The van der Waals surface area contributed by atoms with Crippen molar-refractivity contribution in [3.8, 4) is 0 Å². The van der Waals surface area contributed by atoms with Crippen LogP contribution in [0.25, 0.3) is 0 Å². The zero-order chi connectivity index (χ0) is 7.61. The second-order valence-electron chi connectivity index (χ2n) is 4.02. The molecule has 0 bridgehead atoms. The maximum absolute atomic E-state index is 6.04. The van der Waals surface area contributed by atoms with Gasteiger partial charge in [0.15, 0.2) is 0 Å². The third-order valence-electron chi connectivity index (χ3n) is 2.69. The molecule has 0 aliphatic heterocycles. The molecule has 0 spiro atoms. The van der Waals surface area contributed by atoms with E-state index >= 15 is 0 Å². The average molecular weight is 178 g/mol. The first-order valence-electron chi connectivity index (χ1n) is 4.43. The van der Waals surface area contributed by atoms with E-state index in [-0.39, 0.29) is 17.9 Å². The van der Waals surface area contributed by atoms with E-state index in [1.807, 2.05) is 0 Å². The van der Waals surface area contributed by atoms with Crippen LogP contribution in [0.1, 0.15) is 46.0 Å². The van der Waals surface area contributed by atoms with Gasteiger partial charge in [-0.05, 0) is 25.7 Å². The molecule has 0 radical (unpaired) electrons. The van der Waals surface area contributed by atoms with Crippen molar-refractivity contribution in [3.63, 3.8) is 0 Å². The van der Waals surface area contributed by atoms with E-state index < -0.39 is 0 Å². The van der Waals surface area contributed by atoms with Crippen molar-refractivity contribution in [3.05, 3.63) is 0 Å². The predicted molar refractivity (Wildman–Crippen MR) is 52.1 cm³/mol. The largest absolute Gasteiger partial charge is 0.325 e. The lowest BCUT2D eigenvalue weighted by Gasteiger charge is -2.34. The Balaban J connectivity index is 0.000001000. The fourth-order valence-electron chi connectivity index (χ4n) is 2.01. The summed E-state index contributed by atoms with van der Waals surface area (Å²) in [5.41, 5.74) is 6.20. The van der Waals surface area contributed by atoms with E-state index in [1.54, 1.807) is 0 Å². The van der Waals surface area contributed by atoms with Crippen LogP contribution in [0.5, 0.6) is 0 Å². The van der Waals surface area contributed by atoms with E-state index in [1.165, 1.54) is 32.1 Å². The first-order valence-corrected chi connectivity index (χ1v) is 4.43. The summed E-state index contributed by atoms with van der Waals surface area (Å²) < 4.78 is 0. The van der Waals surface area contributed by atoms with Crippen LogP contribution in [-0.4, -0.2) is 5.54 Å². The van der Waals surface area contributed by atoms with E-state index in [0.717, 1.165) is 5.92 Å². The maximum atomic E-state index is 6.04. The maximum Gasteiger partial charge on any atom is 0.0128 e. The quantitative estimate of drug-likeness (QED) is 0.655. The highest BCUT2D eigenvalue weighted by atomic mass is 35.5. The molecule has 2 atom stereocenters. The number of rotatable bonds is 1. The Bertz CT molecular complexity index is 112. The monoisotopic (exact) mass is 177 g/mol. The SMILES string of the molecule is CCC1CCCC(C)(N)C1.Cl. The first kappa shape index (κ1) is 11.2. The topological polar surface area (TPSA) is 26.0 Å². The number of halogens is 1. The third-order valence-corrected chi connectivity index (χ3v) is 2.69. The lowest BCUT2D eigenvalue weighted by molar-refractivity contribution is 0.237. The van der Waals surface area contributed by atoms with Gasteiger partial charge in [0.1, 0.15) is 0 Å². The van der Waals surface area contributed by atoms with Crippen molar-refractivity contribution >= 4 is 12.4 Å². The highest BCUT2D eigenvalue weighted by Gasteiger charge is 2.26. The summed E-state index contributed by atoms with van der Waals surface area (Å²) in [6.45, 7) is 4.46. The molecule has 2 N–H and O–H groups in total. The summed E-state index contributed by atoms with van der Waals surface area (Å²) in [5, 5.41) is 0. The van der Waals surface area contributed by atoms with Gasteiger partial charge in [0.05, 0.1) is 0 Å². The van der Waals surface area contributed by atoms with Crippen molar-refractivity contribution in [1.82, 2.24) is 0 Å². The van der Waals surface area contributed by atoms with Crippen LogP contribution in [0, 0.1) is 5.92 Å². The number of hydrogen-bond donors (Lipinski definition) is 1. The molecule has 0 amide bonds. The molecule has 1 rings (SSSR count). The second kappa shape index (κ2) is 4.32. The predicted octanol–water partition coefficient (Wildman–Crippen LogP) is 2.73. The van der Waals surface area contributed by atoms with Crippen LogP contribution >= 0.6 is 12.4 Å². The normalized spacial score (nSPS) is 37.9. The van der Waals surface area contributed by atoms with Gasteiger partial charge in [-0.1, -0.05) is 26.2 Å². The molecule has 2 heteroatoms. The molecule has 11 heavy (non-hydrogen) atoms. The lowest BCUT2D eigenvalue weighted by Crippen LogP contribution is -2.40. The molecule has 0 saturated heterocycles. The first-order chi connectivity index (χ1) is 4.64. The Labute approximate surface area is 76.1 Å². The fraction of sp³-hybridized carbons (Fsp3) is 1.00. The highest BCUT2D eigenvalue weighted by Crippen LogP contribution is 2.31. The Morgan fingerprint density at radius 1 is 1.55 bits per heavy atom. The van der Waals surface area contributed by atoms with Gasteiger partial charge in [0, 0.05) is 5.54 Å². The van der Waals surface area contributed by atoms with Crippen LogP contribution in [-0.2, 0) is 0 Å². The minimum Gasteiger partial charge on any atom is -0.325 e. The highest BCUT2D eigenvalue weighted by molar-refractivity contribution is 5.85. The van der Waals surface area contributed by atoms with E-state index in [2.05, 4.69) is 13.8 Å². The Kier molecular flexibility index (Phi) is 4.42. The molecule has 1 saturated carbocycles. The van der Waals surface area contributed by atoms with Gasteiger partial charge >= 0.3 is 0 Å². The summed E-state index contributed by atoms with van der Waals surface area (Å²) in [6.07, 6.45) is 6.52. The molecule has 68 valence electrons. The summed E-state index contributed by atoms with van der Waals surface area (Å²) >= 11 is 0. The van der Waals surface area contributed by atoms with Gasteiger partial charge in [-0.2, -0.15) is 0 Å². The van der Waals surface area contributed by atoms with Crippen molar-refractivity contribution in [1.29, 1.82) is 0 Å². The van der Waals surface area contributed by atoms with Crippen LogP contribution in [0.15, 0.2) is 0 Å². The standard InChI is InChI=1S/C9H19N.ClH/c1-3-8-5-4-6-9(2,10)7-8;/h8H,3-7,10H2,1-2H3;1H. The zero-order valence-electron chi connectivity index (χ0n) is 7.60. The van der Waals surface area contributed by atoms with Crippen molar-refractivity contribution in [2.45, 2.75) is 51.5 Å². The van der Waals surface area contributed by atoms with Gasteiger partial charge in [0.2, 0.25) is 0 Å². The Morgan fingerprint density at radius 2 is 2.18 bits per heavy atom. The van der Waals surface area contributed by atoms with E-state index in [0.29, 0.717) is 0 Å². The Morgan fingerprint density at radius 3 is 2.55 bits per heavy atom. The molecule has 0 aromatic heterocycles.